The van der Waals surface area contributed by atoms with Crippen molar-refractivity contribution in [1.82, 2.24) is 0 Å². The second-order valence-electron chi connectivity index (χ2n) is 47.6. The van der Waals surface area contributed by atoms with Gasteiger partial charge in [-0.25, -0.2) is 0 Å². The average molecular weight is 1830 g/mol. The van der Waals surface area contributed by atoms with Gasteiger partial charge >= 0.3 is 0 Å². The zero-order valence-corrected chi connectivity index (χ0v) is 95.8. The first-order valence-corrected chi connectivity index (χ1v) is 54.3. The Morgan fingerprint density at radius 2 is 0.386 bits per heavy atom. The number of rotatable bonds is 48. The van der Waals surface area contributed by atoms with E-state index in [1.165, 1.54) is 211 Å². The molecule has 6 rings (SSSR count). The highest BCUT2D eigenvalue weighted by Crippen LogP contribution is 2.26. The van der Waals surface area contributed by atoms with Gasteiger partial charge < -0.3 is 23.7 Å². The first-order chi connectivity index (χ1) is 61.5. The Bertz CT molecular complexity index is 3000. The predicted molar refractivity (Wildman–Crippen MR) is 596 cm³/mol. The Labute approximate surface area is 827 Å². The maximum Gasteiger partial charge on any atom is 0.120 e. The lowest BCUT2D eigenvalue weighted by molar-refractivity contribution is 0.0743. The van der Waals surface area contributed by atoms with E-state index in [0.29, 0.717) is 23.5 Å². The predicted octanol–water partition coefficient (Wildman–Crippen LogP) is 39.8. The molecule has 5 heteroatoms. The summed E-state index contributed by atoms with van der Waals surface area (Å²) < 4.78 is 27.8. The third-order valence-electron chi connectivity index (χ3n) is 21.2. The van der Waals surface area contributed by atoms with Crippen molar-refractivity contribution >= 4 is 0 Å². The summed E-state index contributed by atoms with van der Waals surface area (Å²) in [6, 6.07) is 52.8. The number of unbranched alkanes of at least 4 members (excludes halogenated alkanes) is 4. The largest absolute Gasteiger partial charge is 0.491 e. The summed E-state index contributed by atoms with van der Waals surface area (Å²) in [6.07, 6.45) is 36.2. The molecule has 0 aliphatic carbocycles. The lowest BCUT2D eigenvalue weighted by Crippen LogP contribution is -2.22. The Hall–Kier alpha value is -5.36. The third-order valence-corrected chi connectivity index (χ3v) is 21.2. The normalized spacial score (nSPS) is 11.5. The van der Waals surface area contributed by atoms with Gasteiger partial charge in [-0.05, 0) is 354 Å². The van der Waals surface area contributed by atoms with Gasteiger partial charge in [-0.3, -0.25) is 0 Å². The molecule has 6 aromatic rings. The minimum Gasteiger partial charge on any atom is -0.491 e. The smallest absolute Gasteiger partial charge is 0.120 e. The van der Waals surface area contributed by atoms with Gasteiger partial charge in [-0.1, -0.05) is 394 Å². The van der Waals surface area contributed by atoms with E-state index >= 15 is 0 Å². The van der Waals surface area contributed by atoms with Crippen molar-refractivity contribution < 1.29 is 23.7 Å². The van der Waals surface area contributed by atoms with Gasteiger partial charge in [-0.15, -0.1) is 0 Å². The second kappa shape index (κ2) is 81.6. The van der Waals surface area contributed by atoms with Crippen LogP contribution in [0.5, 0.6) is 17.2 Å². The van der Waals surface area contributed by atoms with Crippen molar-refractivity contribution in [1.29, 1.82) is 0 Å². The van der Waals surface area contributed by atoms with Crippen molar-refractivity contribution in [3.63, 3.8) is 0 Å². The molecule has 0 saturated carbocycles. The number of ether oxygens (including phenoxy) is 5. The van der Waals surface area contributed by atoms with E-state index in [4.69, 9.17) is 23.7 Å². The Balaban J connectivity index is -0.000000693. The fourth-order valence-corrected chi connectivity index (χ4v) is 14.0. The lowest BCUT2D eigenvalue weighted by atomic mass is 9.87. The second-order valence-corrected chi connectivity index (χ2v) is 47.6. The highest BCUT2D eigenvalue weighted by Gasteiger charge is 2.14. The van der Waals surface area contributed by atoms with Crippen molar-refractivity contribution in [2.24, 2.45) is 88.3 Å². The maximum atomic E-state index is 5.76. The van der Waals surface area contributed by atoms with E-state index in [1.54, 1.807) is 0 Å². The molecule has 0 aliphatic rings. The van der Waals surface area contributed by atoms with Crippen LogP contribution in [0.1, 0.15) is 456 Å². The Morgan fingerprint density at radius 3 is 0.606 bits per heavy atom. The van der Waals surface area contributed by atoms with Crippen molar-refractivity contribution in [2.45, 2.75) is 494 Å². The third kappa shape index (κ3) is 99.1. The van der Waals surface area contributed by atoms with Crippen LogP contribution in [0.25, 0.3) is 0 Å². The van der Waals surface area contributed by atoms with E-state index in [0.717, 1.165) is 120 Å². The molecule has 0 spiro atoms. The van der Waals surface area contributed by atoms with Gasteiger partial charge in [0.1, 0.15) is 22.8 Å². The molecule has 0 saturated heterocycles. The van der Waals surface area contributed by atoms with Crippen LogP contribution in [-0.2, 0) is 67.3 Å². The van der Waals surface area contributed by atoms with Crippen LogP contribution >= 0.6 is 0 Å². The molecular formula is C127H226O5. The van der Waals surface area contributed by atoms with Gasteiger partial charge in [0.2, 0.25) is 0 Å². The number of aryl methyl sites for hydroxylation is 4. The van der Waals surface area contributed by atoms with Gasteiger partial charge in [0.05, 0.1) is 24.4 Å². The Kier molecular flexibility index (Phi) is 82.2. The molecule has 0 bridgehead atoms. The standard InChI is InChI=1S/3C15H24.3C14H22O.C11H24.C10H22O.C10H22.C9H20O/c1-12(2)10-13-6-8-14(9-7-13)11-15(3,4)5;2*1-12(2)5-6-14-7-9-15(10-8-14)11-13(3)4;1-11(2)10-12-6-8-13(9-7-12)15-14(3,4)5;2*1-11(2)5-6-13-7-9-14(10-8-13)15-12(3)4;1-10(2)8-6-5-7-9-11(3)4;1-9(2)7-5-6-8-11-10(3)4;1-9(2)7-5-6-8-10(3)4;1-8(2)6-5-7-10-9(3)4/h6-9,12H,10-11H2,1-5H3;2*7-10,12-13H,5-6,11H2,1-4H3;6-9,11H,10H2,1-5H3;2*7-12H,5-6H2,1-4H3;10-11H,5-9H2,1-4H3;9-10H,5-8H2,1-4H3;9-10H,5-8H2,1-4H3;8-9H,5-7H2,1-4H3. The maximum absolute atomic E-state index is 5.76. The highest BCUT2D eigenvalue weighted by atomic mass is 16.5. The van der Waals surface area contributed by atoms with Crippen molar-refractivity contribution in [3.8, 4) is 17.2 Å². The number of hydrogen-bond acceptors (Lipinski definition) is 5. The minimum atomic E-state index is -0.112. The van der Waals surface area contributed by atoms with E-state index in [2.05, 4.69) is 409 Å². The average Bonchev–Trinajstić information content (AvgIpc) is 0.864. The molecule has 5 nitrogen and oxygen atoms in total. The van der Waals surface area contributed by atoms with Gasteiger partial charge in [-0.2, -0.15) is 0 Å². The first-order valence-electron chi connectivity index (χ1n) is 54.3. The molecule has 0 N–H and O–H groups in total. The first kappa shape index (κ1) is 133. The fourth-order valence-electron chi connectivity index (χ4n) is 14.0. The topological polar surface area (TPSA) is 46.2 Å². The molecule has 0 aliphatic heterocycles. The SMILES string of the molecule is CC(C)CCCCC(C)C.CC(C)CCCCCC(C)C.CC(C)CCCCOC(C)C.CC(C)CCCOC(C)C.CC(C)CCc1ccc(CC(C)C)cc1.CC(C)CCc1ccc(CC(C)C)cc1.CC(C)CCc1ccc(OC(C)C)cc1.CC(C)CCc1ccc(OC(C)C)cc1.CC(C)Cc1ccc(CC(C)(C)C)cc1.CC(C)Cc1ccc(OC(C)(C)C)cc1. The minimum absolute atomic E-state index is 0.112. The zero-order valence-electron chi connectivity index (χ0n) is 95.8. The summed E-state index contributed by atoms with van der Waals surface area (Å²) in [4.78, 5) is 0. The van der Waals surface area contributed by atoms with Gasteiger partial charge in [0.25, 0.3) is 0 Å². The quantitative estimate of drug-likeness (QED) is 0.0356. The molecule has 0 aromatic heterocycles. The molecule has 132 heavy (non-hydrogen) atoms. The monoisotopic (exact) mass is 1830 g/mol. The summed E-state index contributed by atoms with van der Waals surface area (Å²) in [5, 5.41) is 0. The Morgan fingerprint density at radius 1 is 0.189 bits per heavy atom. The van der Waals surface area contributed by atoms with Crippen LogP contribution in [0.15, 0.2) is 146 Å². The summed E-state index contributed by atoms with van der Waals surface area (Å²) in [6.45, 7) is 95.2. The van der Waals surface area contributed by atoms with E-state index in [-0.39, 0.29) is 17.8 Å². The molecule has 0 unspecified atom stereocenters. The van der Waals surface area contributed by atoms with Crippen LogP contribution in [0.2, 0.25) is 0 Å². The highest BCUT2D eigenvalue weighted by molar-refractivity contribution is 5.31. The summed E-state index contributed by atoms with van der Waals surface area (Å²) >= 11 is 0. The molecule has 0 radical (unpaired) electrons. The summed E-state index contributed by atoms with van der Waals surface area (Å²) in [5.41, 5.74) is 13.3. The molecule has 0 atom stereocenters. The van der Waals surface area contributed by atoms with Gasteiger partial charge in [0, 0.05) is 13.2 Å². The van der Waals surface area contributed by atoms with Crippen molar-refractivity contribution in [3.05, 3.63) is 196 Å². The van der Waals surface area contributed by atoms with Crippen LogP contribution in [0.3, 0.4) is 0 Å². The molecule has 764 valence electrons. The van der Waals surface area contributed by atoms with Crippen LogP contribution < -0.4 is 14.2 Å². The van der Waals surface area contributed by atoms with Crippen LogP contribution in [0.4, 0.5) is 0 Å². The summed E-state index contributed by atoms with van der Waals surface area (Å²) in [5.74, 6) is 14.3. The zero-order chi connectivity index (χ0) is 101. The molecule has 0 amide bonds. The van der Waals surface area contributed by atoms with E-state index in [1.807, 2.05) is 27.7 Å². The molecule has 0 heterocycles. The number of hydrogen-bond donors (Lipinski definition) is 0. The van der Waals surface area contributed by atoms with Gasteiger partial charge in [0.15, 0.2) is 0 Å². The van der Waals surface area contributed by atoms with E-state index in [9.17, 15) is 0 Å². The molecular weight excluding hydrogens is 1610 g/mol. The van der Waals surface area contributed by atoms with Crippen LogP contribution in [0, 0.1) is 88.3 Å². The molecule has 0 fully saturated rings. The summed E-state index contributed by atoms with van der Waals surface area (Å²) in [7, 11) is 0. The molecule has 6 aromatic carbocycles. The number of benzene rings is 6. The van der Waals surface area contributed by atoms with Crippen molar-refractivity contribution in [2.75, 3.05) is 13.2 Å². The lowest BCUT2D eigenvalue weighted by Gasteiger charge is -2.21. The van der Waals surface area contributed by atoms with E-state index < -0.39 is 0 Å². The van der Waals surface area contributed by atoms with Crippen LogP contribution in [-0.4, -0.2) is 43.2 Å². The fraction of sp³-hybridized carbons (Fsp3) is 0.717.